The quantitative estimate of drug-likeness (QED) is 0.195. The fourth-order valence-corrected chi connectivity index (χ4v) is 8.33. The van der Waals surface area contributed by atoms with Crippen LogP contribution >= 0.6 is 0 Å². The normalized spacial score (nSPS) is 29.8. The van der Waals surface area contributed by atoms with Gasteiger partial charge in [-0.2, -0.15) is 0 Å². The first-order valence-electron chi connectivity index (χ1n) is 21.3. The molecular formula is C46H61N3O15. The zero-order valence-corrected chi connectivity index (χ0v) is 38.0. The van der Waals surface area contributed by atoms with Gasteiger partial charge >= 0.3 is 17.8 Å². The fourth-order valence-electron chi connectivity index (χ4n) is 8.33. The van der Waals surface area contributed by atoms with Gasteiger partial charge in [-0.1, -0.05) is 45.9 Å². The van der Waals surface area contributed by atoms with Crippen molar-refractivity contribution in [3.63, 3.8) is 0 Å². The highest BCUT2D eigenvalue weighted by Gasteiger charge is 2.50. The summed E-state index contributed by atoms with van der Waals surface area (Å²) < 4.78 is 34.9. The fraction of sp³-hybridized carbons (Fsp3) is 0.543. The number of hydrogen-bond acceptors (Lipinski definition) is 15. The number of carbonyl (C=O) groups excluding carboxylic acids is 5. The summed E-state index contributed by atoms with van der Waals surface area (Å²) in [5, 5.41) is 48.6. The van der Waals surface area contributed by atoms with Crippen LogP contribution in [0.5, 0.6) is 23.0 Å². The minimum atomic E-state index is -2.07. The van der Waals surface area contributed by atoms with Crippen molar-refractivity contribution in [2.45, 2.75) is 92.5 Å². The lowest BCUT2D eigenvalue weighted by atomic mass is 9.78. The summed E-state index contributed by atoms with van der Waals surface area (Å²) in [5.41, 5.74) is -0.150. The van der Waals surface area contributed by atoms with Gasteiger partial charge in [-0.05, 0) is 26.8 Å². The number of fused-ring (bicyclic) bond motifs is 14. The molecule has 1 saturated heterocycles. The molecule has 4 aliphatic heterocycles. The molecule has 0 aliphatic carbocycles. The number of hydrogen-bond donors (Lipinski definition) is 5. The molecule has 350 valence electrons. The van der Waals surface area contributed by atoms with E-state index < -0.39 is 102 Å². The van der Waals surface area contributed by atoms with Crippen LogP contribution in [0.3, 0.4) is 0 Å². The molecule has 4 aliphatic rings. The molecule has 4 heterocycles. The topological polar surface area (TPSA) is 240 Å². The van der Waals surface area contributed by atoms with Crippen molar-refractivity contribution in [1.82, 2.24) is 9.80 Å². The number of aromatic hydroxyl groups is 2. The van der Waals surface area contributed by atoms with Crippen LogP contribution in [0.25, 0.3) is 10.8 Å². The van der Waals surface area contributed by atoms with Crippen LogP contribution in [0.2, 0.25) is 0 Å². The lowest BCUT2D eigenvalue weighted by Crippen LogP contribution is -2.51. The van der Waals surface area contributed by atoms with E-state index in [0.29, 0.717) is 0 Å². The second kappa shape index (κ2) is 20.3. The third-order valence-corrected chi connectivity index (χ3v) is 12.3. The average Bonchev–Trinajstić information content (AvgIpc) is 3.53. The Morgan fingerprint density at radius 1 is 0.922 bits per heavy atom. The summed E-state index contributed by atoms with van der Waals surface area (Å²) in [5.74, 6) is -8.49. The van der Waals surface area contributed by atoms with Gasteiger partial charge < -0.3 is 64.0 Å². The Hall–Kier alpha value is -5.85. The SMILES string of the molecule is CCOC(=O)N1CCN(C(=O)COc2cc3c(O)c4c(O)c(C)c5c(c24)C(=O)C(C)(O/C=C\C(OC)C(C)C(OC(C)=O)C(C)C(O)C(C)C(O)C(C)/C=C\C=C(\C)C(=O)N3)O5)CC1. The van der Waals surface area contributed by atoms with E-state index in [2.05, 4.69) is 5.32 Å². The number of phenolic OH excluding ortho intramolecular Hbond substituents is 2. The molecule has 0 radical (unpaired) electrons. The van der Waals surface area contributed by atoms with Gasteiger partial charge in [0.1, 0.15) is 23.4 Å². The summed E-state index contributed by atoms with van der Waals surface area (Å²) >= 11 is 0. The Labute approximate surface area is 372 Å². The van der Waals surface area contributed by atoms with Gasteiger partial charge in [0.05, 0.1) is 47.8 Å². The minimum Gasteiger partial charge on any atom is -0.507 e. The number of esters is 1. The summed E-state index contributed by atoms with van der Waals surface area (Å²) in [6, 6.07) is 1.23. The molecule has 64 heavy (non-hydrogen) atoms. The summed E-state index contributed by atoms with van der Waals surface area (Å²) in [6.07, 6.45) is 2.95. The standard InChI is InChI=1S/C46H61N3O15/c1-11-60-45(58)49-18-16-48(17-19-49)33(51)22-61-32-21-30-40(55)35-34(32)36-42(28(7)39(35)54)64-46(9,43(36)56)62-20-15-31(59-10)25(4)41(63-29(8)50)27(6)38(53)26(5)37(52)23(2)13-12-14-24(3)44(57)47-30/h12-15,20-21,23,25-27,31,37-38,41,52-55H,11,16-19,22H2,1-10H3,(H,47,57)/b13-12-,20-15-,24-14-. The van der Waals surface area contributed by atoms with Crippen LogP contribution in [0, 0.1) is 30.6 Å². The molecule has 18 nitrogen and oxygen atoms in total. The van der Waals surface area contributed by atoms with Crippen molar-refractivity contribution in [3.05, 3.63) is 53.3 Å². The monoisotopic (exact) mass is 895 g/mol. The van der Waals surface area contributed by atoms with Crippen LogP contribution in [0.15, 0.2) is 42.2 Å². The number of nitrogens with one attached hydrogen (secondary N) is 1. The molecule has 6 rings (SSSR count). The van der Waals surface area contributed by atoms with Gasteiger partial charge in [-0.3, -0.25) is 19.2 Å². The smallest absolute Gasteiger partial charge is 0.409 e. The number of ketones is 1. The van der Waals surface area contributed by atoms with Crippen LogP contribution in [0.4, 0.5) is 10.5 Å². The number of rotatable bonds is 6. The first kappa shape index (κ1) is 49.2. The van der Waals surface area contributed by atoms with Crippen molar-refractivity contribution in [2.24, 2.45) is 23.7 Å². The van der Waals surface area contributed by atoms with E-state index >= 15 is 0 Å². The highest BCUT2D eigenvalue weighted by atomic mass is 16.7. The molecule has 9 unspecified atom stereocenters. The Morgan fingerprint density at radius 2 is 1.58 bits per heavy atom. The van der Waals surface area contributed by atoms with E-state index in [-0.39, 0.29) is 77.4 Å². The minimum absolute atomic E-state index is 0.0462. The van der Waals surface area contributed by atoms with Gasteiger partial charge in [0, 0.05) is 93.4 Å². The lowest BCUT2D eigenvalue weighted by Gasteiger charge is -2.38. The number of phenols is 2. The van der Waals surface area contributed by atoms with E-state index in [4.69, 9.17) is 28.4 Å². The highest BCUT2D eigenvalue weighted by Crippen LogP contribution is 2.54. The Balaban J connectivity index is 1.61. The molecule has 3 amide bonds. The lowest BCUT2D eigenvalue weighted by molar-refractivity contribution is -0.160. The second-order valence-electron chi connectivity index (χ2n) is 16.8. The Morgan fingerprint density at radius 3 is 2.20 bits per heavy atom. The predicted molar refractivity (Wildman–Crippen MR) is 233 cm³/mol. The number of Topliss-reactive ketones (excluding diaryl/α,β-unsaturated/α-hetero) is 1. The highest BCUT2D eigenvalue weighted by molar-refractivity contribution is 6.21. The zero-order chi connectivity index (χ0) is 47.4. The number of aliphatic hydroxyl groups is 2. The molecule has 2 aromatic rings. The number of methoxy groups -OCH3 is 1. The predicted octanol–water partition coefficient (Wildman–Crippen LogP) is 4.73. The van der Waals surface area contributed by atoms with E-state index in [1.807, 2.05) is 0 Å². The van der Waals surface area contributed by atoms with Gasteiger partial charge in [-0.25, -0.2) is 4.79 Å². The largest absolute Gasteiger partial charge is 0.507 e. The number of ether oxygens (including phenoxy) is 6. The zero-order valence-electron chi connectivity index (χ0n) is 38.0. The van der Waals surface area contributed by atoms with Gasteiger partial charge in [0.2, 0.25) is 0 Å². The van der Waals surface area contributed by atoms with Crippen molar-refractivity contribution in [2.75, 3.05) is 51.8 Å². The second-order valence-corrected chi connectivity index (χ2v) is 16.8. The number of amides is 3. The maximum absolute atomic E-state index is 14.6. The van der Waals surface area contributed by atoms with Gasteiger partial charge in [0.25, 0.3) is 17.6 Å². The van der Waals surface area contributed by atoms with Crippen LogP contribution in [-0.4, -0.2) is 137 Å². The molecule has 9 atom stereocenters. The number of piperazine rings is 1. The number of benzene rings is 2. The summed E-state index contributed by atoms with van der Waals surface area (Å²) in [4.78, 5) is 69.4. The summed E-state index contributed by atoms with van der Waals surface area (Å²) in [6.45, 7) is 14.6. The van der Waals surface area contributed by atoms with Crippen LogP contribution in [0.1, 0.15) is 71.3 Å². The molecule has 18 heteroatoms. The third-order valence-electron chi connectivity index (χ3n) is 12.3. The van der Waals surface area contributed by atoms with E-state index in [9.17, 15) is 44.4 Å². The summed E-state index contributed by atoms with van der Waals surface area (Å²) in [7, 11) is 1.43. The van der Waals surface area contributed by atoms with E-state index in [1.165, 1.54) is 69.1 Å². The van der Waals surface area contributed by atoms with Gasteiger partial charge in [0.15, 0.2) is 12.4 Å². The first-order valence-corrected chi connectivity index (χ1v) is 21.3. The molecule has 5 bridgehead atoms. The molecular weight excluding hydrogens is 835 g/mol. The Bertz CT molecular complexity index is 2210. The maximum Gasteiger partial charge on any atom is 0.409 e. The van der Waals surface area contributed by atoms with Crippen LogP contribution < -0.4 is 14.8 Å². The van der Waals surface area contributed by atoms with E-state index in [1.54, 1.807) is 46.8 Å². The van der Waals surface area contributed by atoms with Crippen molar-refractivity contribution in [1.29, 1.82) is 0 Å². The van der Waals surface area contributed by atoms with E-state index in [0.717, 1.165) is 0 Å². The number of carbonyl (C=O) groups is 5. The maximum atomic E-state index is 14.6. The number of allylic oxidation sites excluding steroid dienone is 2. The molecule has 1 fully saturated rings. The molecule has 2 aromatic carbocycles. The third kappa shape index (κ3) is 10.1. The van der Waals surface area contributed by atoms with Crippen molar-refractivity contribution in [3.8, 4) is 23.0 Å². The molecule has 5 N–H and O–H groups in total. The number of anilines is 1. The first-order chi connectivity index (χ1) is 30.2. The number of nitrogens with zero attached hydrogens (tertiary/aromatic N) is 2. The van der Waals surface area contributed by atoms with Crippen LogP contribution in [-0.2, 0) is 33.3 Å². The van der Waals surface area contributed by atoms with Crippen molar-refractivity contribution >= 4 is 46.1 Å². The number of aliphatic hydroxyl groups excluding tert-OH is 2. The molecule has 0 saturated carbocycles. The Kier molecular flexibility index (Phi) is 15.6. The van der Waals surface area contributed by atoms with Gasteiger partial charge in [-0.15, -0.1) is 0 Å². The molecule has 0 spiro atoms. The average molecular weight is 896 g/mol. The molecule has 0 aromatic heterocycles. The van der Waals surface area contributed by atoms with Crippen molar-refractivity contribution < 1.29 is 72.8 Å².